The largest absolute Gasteiger partial charge is 4.00 e. The smallest absolute Gasteiger partial charge is 0.780 e. The summed E-state index contributed by atoms with van der Waals surface area (Å²) in [5.41, 5.74) is 0. The summed E-state index contributed by atoms with van der Waals surface area (Å²) in [5.74, 6) is 0. The Morgan fingerprint density at radius 3 is 0.818 bits per heavy atom. The fraction of sp³-hybridized carbons (Fsp3) is 0. The summed E-state index contributed by atoms with van der Waals surface area (Å²) in [7, 11) is -8.67. The third-order valence-electron chi connectivity index (χ3n) is 0. The van der Waals surface area contributed by atoms with Crippen molar-refractivity contribution in [2.75, 3.05) is 0 Å². The van der Waals surface area contributed by atoms with E-state index >= 15 is 0 Å². The van der Waals surface area contributed by atoms with Crippen LogP contribution in [0.25, 0.3) is 0 Å². The molecular formula is CO6S4. The maximum Gasteiger partial charge on any atom is 4.00 e. The molecule has 0 spiro atoms. The van der Waals surface area contributed by atoms with Crippen molar-refractivity contribution in [1.29, 1.82) is 0 Å². The zero-order valence-electron chi connectivity index (χ0n) is 4.58. The SMILES string of the molecule is O=S([O-])([O-])=S.O=S([O-])([O-])=S.[C+4]. The van der Waals surface area contributed by atoms with Gasteiger partial charge in [0.05, 0.1) is 0 Å². The Morgan fingerprint density at radius 1 is 0.818 bits per heavy atom. The van der Waals surface area contributed by atoms with Crippen molar-refractivity contribution >= 4 is 40.5 Å². The minimum Gasteiger partial charge on any atom is -0.780 e. The summed E-state index contributed by atoms with van der Waals surface area (Å²) < 4.78 is 53.3. The Hall–Kier alpha value is 0.580. The van der Waals surface area contributed by atoms with E-state index in [4.69, 9.17) is 26.6 Å². The molecule has 0 aromatic carbocycles. The van der Waals surface area contributed by atoms with E-state index in [2.05, 4.69) is 22.4 Å². The monoisotopic (exact) mass is 236 g/mol. The fourth-order valence-electron chi connectivity index (χ4n) is 0. The van der Waals surface area contributed by atoms with Crippen LogP contribution in [0.4, 0.5) is 0 Å². The van der Waals surface area contributed by atoms with E-state index in [1.165, 1.54) is 0 Å². The average Bonchev–Trinajstić information content (AvgIpc) is 1.12. The van der Waals surface area contributed by atoms with Gasteiger partial charge in [0, 0.05) is 0 Å². The van der Waals surface area contributed by atoms with Crippen LogP contribution in [-0.2, 0) is 40.5 Å². The molecule has 0 aliphatic heterocycles. The molecule has 0 aromatic heterocycles. The molecule has 0 aliphatic rings. The maximum atomic E-state index is 8.89. The first-order chi connectivity index (χ1) is 4.00. The summed E-state index contributed by atoms with van der Waals surface area (Å²) in [6.07, 6.45) is 0. The van der Waals surface area contributed by atoms with Crippen molar-refractivity contribution in [1.82, 2.24) is 0 Å². The first-order valence-corrected chi connectivity index (χ1v) is 6.00. The van der Waals surface area contributed by atoms with Crippen LogP contribution >= 0.6 is 0 Å². The van der Waals surface area contributed by atoms with Crippen molar-refractivity contribution in [3.63, 3.8) is 0 Å². The van der Waals surface area contributed by atoms with Crippen LogP contribution in [0.1, 0.15) is 0 Å². The van der Waals surface area contributed by atoms with E-state index in [1.807, 2.05) is 0 Å². The van der Waals surface area contributed by atoms with Gasteiger partial charge in [0.1, 0.15) is 0 Å². The Kier molecular flexibility index (Phi) is 9.82. The minimum absolute atomic E-state index is 0. The zero-order valence-corrected chi connectivity index (χ0v) is 7.85. The third kappa shape index (κ3) is 2320. The topological polar surface area (TPSA) is 126 Å². The van der Waals surface area contributed by atoms with Crippen LogP contribution in [0.2, 0.25) is 0 Å². The molecule has 0 saturated heterocycles. The molecule has 0 aliphatic carbocycles. The van der Waals surface area contributed by atoms with E-state index in [-0.39, 0.29) is 7.43 Å². The average molecular weight is 236 g/mol. The number of hydrogen-bond acceptors (Lipinski definition) is 8. The van der Waals surface area contributed by atoms with Crippen molar-refractivity contribution < 1.29 is 26.6 Å². The Morgan fingerprint density at radius 2 is 0.818 bits per heavy atom. The Balaban J connectivity index is -0.000000107. The van der Waals surface area contributed by atoms with E-state index < -0.39 is 18.1 Å². The maximum absolute atomic E-state index is 8.89. The van der Waals surface area contributed by atoms with Gasteiger partial charge in [-0.1, -0.05) is 0 Å². The van der Waals surface area contributed by atoms with Crippen LogP contribution in [0.5, 0.6) is 0 Å². The van der Waals surface area contributed by atoms with Crippen molar-refractivity contribution in [2.45, 2.75) is 0 Å². The van der Waals surface area contributed by atoms with Crippen LogP contribution < -0.4 is 0 Å². The first kappa shape index (κ1) is 17.6. The fourth-order valence-corrected chi connectivity index (χ4v) is 0. The normalized spacial score (nSPS) is 10.5. The van der Waals surface area contributed by atoms with E-state index in [1.54, 1.807) is 0 Å². The molecule has 0 unspecified atom stereocenters. The van der Waals surface area contributed by atoms with Gasteiger partial charge in [0.15, 0.2) is 0 Å². The van der Waals surface area contributed by atoms with Gasteiger partial charge >= 0.3 is 7.43 Å². The van der Waals surface area contributed by atoms with Crippen LogP contribution in [0.15, 0.2) is 0 Å². The summed E-state index contributed by atoms with van der Waals surface area (Å²) in [6, 6.07) is 0. The van der Waals surface area contributed by atoms with E-state index in [0.29, 0.717) is 0 Å². The molecular weight excluding hydrogens is 236 g/mol. The van der Waals surface area contributed by atoms with Gasteiger partial charge in [-0.15, -0.1) is 18.1 Å². The molecule has 64 valence electrons. The standard InChI is InChI=1S/C.2H2O3S2/c;2*1-5(2,3)4/h;2*(H2,1,2,3,4)/q+4;;/p-4. The quantitative estimate of drug-likeness (QED) is 0.475. The molecule has 0 N–H and O–H groups in total. The van der Waals surface area contributed by atoms with Crippen LogP contribution in [-0.4, -0.2) is 26.6 Å². The molecule has 6 nitrogen and oxygen atoms in total. The van der Waals surface area contributed by atoms with Gasteiger partial charge < -0.3 is 18.2 Å². The van der Waals surface area contributed by atoms with Crippen molar-refractivity contribution in [3.8, 4) is 0 Å². The predicted octanol–water partition coefficient (Wildman–Crippen LogP) is -1.93. The molecule has 0 saturated carbocycles. The van der Waals surface area contributed by atoms with E-state index in [0.717, 1.165) is 0 Å². The molecule has 10 heteroatoms. The van der Waals surface area contributed by atoms with Crippen molar-refractivity contribution in [3.05, 3.63) is 7.43 Å². The third-order valence-corrected chi connectivity index (χ3v) is 0. The van der Waals surface area contributed by atoms with E-state index in [9.17, 15) is 0 Å². The molecule has 0 rings (SSSR count). The minimum atomic E-state index is -4.33. The predicted molar refractivity (Wildman–Crippen MR) is 37.4 cm³/mol. The summed E-state index contributed by atoms with van der Waals surface area (Å²) in [6.45, 7) is 0. The van der Waals surface area contributed by atoms with Crippen molar-refractivity contribution in [2.24, 2.45) is 0 Å². The molecule has 0 amide bonds. The van der Waals surface area contributed by atoms with Gasteiger partial charge in [-0.05, 0) is 22.4 Å². The van der Waals surface area contributed by atoms with Crippen LogP contribution in [0, 0.1) is 7.43 Å². The molecule has 0 atom stereocenters. The molecule has 0 bridgehead atoms. The first-order valence-electron chi connectivity index (χ1n) is 1.33. The van der Waals surface area contributed by atoms with Gasteiger partial charge in [-0.3, -0.25) is 8.42 Å². The second-order valence-electron chi connectivity index (χ2n) is 0.816. The number of hydrogen-bond donors (Lipinski definition) is 0. The van der Waals surface area contributed by atoms with Gasteiger partial charge in [0.25, 0.3) is 0 Å². The summed E-state index contributed by atoms with van der Waals surface area (Å²) >= 11 is 6.49. The van der Waals surface area contributed by atoms with Crippen LogP contribution in [0.3, 0.4) is 0 Å². The van der Waals surface area contributed by atoms with Gasteiger partial charge in [-0.2, -0.15) is 0 Å². The second-order valence-corrected chi connectivity index (χ2v) is 4.90. The molecule has 0 radical (unpaired) electrons. The second kappa shape index (κ2) is 6.14. The molecule has 11 heavy (non-hydrogen) atoms. The Bertz CT molecular complexity index is 211. The number of rotatable bonds is 0. The molecule has 0 aromatic rings. The van der Waals surface area contributed by atoms with Gasteiger partial charge in [0.2, 0.25) is 0 Å². The Labute approximate surface area is 74.7 Å². The van der Waals surface area contributed by atoms with Gasteiger partial charge in [-0.25, -0.2) is 0 Å². The zero-order chi connectivity index (χ0) is 9.00. The molecule has 0 fully saturated rings. The summed E-state index contributed by atoms with van der Waals surface area (Å²) in [5, 5.41) is 0. The molecule has 0 heterocycles. The summed E-state index contributed by atoms with van der Waals surface area (Å²) in [4.78, 5) is 0.